The van der Waals surface area contributed by atoms with Crippen LogP contribution >= 0.6 is 0 Å². The first-order valence-corrected chi connectivity index (χ1v) is 4.59. The lowest BCUT2D eigenvalue weighted by atomic mass is 9.85. The van der Waals surface area contributed by atoms with Crippen LogP contribution in [0, 0.1) is 5.92 Å². The molecule has 2 heteroatoms. The maximum absolute atomic E-state index is 5.50. The fraction of sp³-hybridized carbons (Fsp3) is 1.00. The normalized spacial score (nSPS) is 32.2. The van der Waals surface area contributed by atoms with Crippen LogP contribution < -0.4 is 5.73 Å². The second-order valence-corrected chi connectivity index (χ2v) is 3.46. The Morgan fingerprint density at radius 3 is 2.36 bits per heavy atom. The van der Waals surface area contributed by atoms with E-state index in [4.69, 9.17) is 10.5 Å². The zero-order valence-electron chi connectivity index (χ0n) is 7.38. The molecule has 1 rings (SSSR count). The van der Waals surface area contributed by atoms with Gasteiger partial charge in [-0.3, -0.25) is 0 Å². The molecule has 66 valence electrons. The molecular weight excluding hydrogens is 138 g/mol. The fourth-order valence-corrected chi connectivity index (χ4v) is 1.89. The zero-order chi connectivity index (χ0) is 8.10. The lowest BCUT2D eigenvalue weighted by Crippen LogP contribution is -2.21. The maximum Gasteiger partial charge on any atom is 0.0571 e. The van der Waals surface area contributed by atoms with Crippen molar-refractivity contribution in [2.24, 2.45) is 11.7 Å². The Morgan fingerprint density at radius 2 is 1.91 bits per heavy atom. The number of hydrogen-bond donors (Lipinski definition) is 1. The second-order valence-electron chi connectivity index (χ2n) is 3.46. The highest BCUT2D eigenvalue weighted by Gasteiger charge is 2.19. The van der Waals surface area contributed by atoms with Crippen molar-refractivity contribution in [2.45, 2.75) is 38.2 Å². The number of methoxy groups -OCH3 is 1. The van der Waals surface area contributed by atoms with Gasteiger partial charge in [-0.15, -0.1) is 0 Å². The van der Waals surface area contributed by atoms with Crippen LogP contribution in [0.3, 0.4) is 0 Å². The van der Waals surface area contributed by atoms with Gasteiger partial charge in [0, 0.05) is 7.11 Å². The van der Waals surface area contributed by atoms with E-state index in [1.165, 1.54) is 32.1 Å². The minimum Gasteiger partial charge on any atom is -0.381 e. The summed E-state index contributed by atoms with van der Waals surface area (Å²) in [4.78, 5) is 0. The number of nitrogens with two attached hydrogens (primary N) is 1. The van der Waals surface area contributed by atoms with E-state index in [1.807, 2.05) is 7.11 Å². The largest absolute Gasteiger partial charge is 0.381 e. The van der Waals surface area contributed by atoms with Crippen LogP contribution in [0.5, 0.6) is 0 Å². The highest BCUT2D eigenvalue weighted by Crippen LogP contribution is 2.27. The van der Waals surface area contributed by atoms with E-state index in [1.54, 1.807) is 0 Å². The van der Waals surface area contributed by atoms with Crippen molar-refractivity contribution in [1.29, 1.82) is 0 Å². The molecule has 0 bridgehead atoms. The average Bonchev–Trinajstić information content (AvgIpc) is 2.07. The smallest absolute Gasteiger partial charge is 0.0571 e. The van der Waals surface area contributed by atoms with Crippen molar-refractivity contribution in [3.63, 3.8) is 0 Å². The summed E-state index contributed by atoms with van der Waals surface area (Å²) in [5, 5.41) is 0. The molecule has 0 unspecified atom stereocenters. The van der Waals surface area contributed by atoms with Gasteiger partial charge in [0.1, 0.15) is 0 Å². The molecule has 0 radical (unpaired) electrons. The summed E-state index contributed by atoms with van der Waals surface area (Å²) in [7, 11) is 1.81. The van der Waals surface area contributed by atoms with E-state index < -0.39 is 0 Å². The molecule has 0 spiro atoms. The Balaban J connectivity index is 2.14. The molecule has 0 aromatic rings. The van der Waals surface area contributed by atoms with Crippen LogP contribution in [-0.2, 0) is 4.74 Å². The highest BCUT2D eigenvalue weighted by molar-refractivity contribution is 4.72. The molecule has 0 heterocycles. The topological polar surface area (TPSA) is 35.2 Å². The quantitative estimate of drug-likeness (QED) is 0.674. The number of ether oxygens (including phenoxy) is 1. The van der Waals surface area contributed by atoms with Crippen molar-refractivity contribution in [2.75, 3.05) is 13.7 Å². The van der Waals surface area contributed by atoms with Crippen molar-refractivity contribution in [3.8, 4) is 0 Å². The Labute approximate surface area is 69.1 Å². The molecule has 2 N–H and O–H groups in total. The van der Waals surface area contributed by atoms with Gasteiger partial charge >= 0.3 is 0 Å². The first-order valence-electron chi connectivity index (χ1n) is 4.59. The van der Waals surface area contributed by atoms with Crippen molar-refractivity contribution in [1.82, 2.24) is 0 Å². The molecule has 1 aliphatic carbocycles. The second kappa shape index (κ2) is 4.73. The summed E-state index contributed by atoms with van der Waals surface area (Å²) in [5.41, 5.74) is 5.50. The Kier molecular flexibility index (Phi) is 3.87. The van der Waals surface area contributed by atoms with E-state index in [9.17, 15) is 0 Å². The van der Waals surface area contributed by atoms with Gasteiger partial charge in [0.05, 0.1) is 6.10 Å². The maximum atomic E-state index is 5.50. The minimum absolute atomic E-state index is 0.532. The van der Waals surface area contributed by atoms with Crippen LogP contribution in [0.25, 0.3) is 0 Å². The molecular formula is C9H19NO. The monoisotopic (exact) mass is 157 g/mol. The molecule has 0 amide bonds. The van der Waals surface area contributed by atoms with Gasteiger partial charge in [0.2, 0.25) is 0 Å². The summed E-state index contributed by atoms with van der Waals surface area (Å²) in [6.45, 7) is 0.850. The van der Waals surface area contributed by atoms with Gasteiger partial charge in [-0.05, 0) is 44.6 Å². The summed E-state index contributed by atoms with van der Waals surface area (Å²) in [6.07, 6.45) is 6.84. The Bertz CT molecular complexity index is 97.7. The van der Waals surface area contributed by atoms with Crippen LogP contribution in [0.4, 0.5) is 0 Å². The molecule has 1 aliphatic rings. The molecule has 0 saturated heterocycles. The Morgan fingerprint density at radius 1 is 1.27 bits per heavy atom. The lowest BCUT2D eigenvalue weighted by Gasteiger charge is -2.26. The van der Waals surface area contributed by atoms with E-state index in [-0.39, 0.29) is 0 Å². The number of hydrogen-bond acceptors (Lipinski definition) is 2. The molecule has 11 heavy (non-hydrogen) atoms. The molecule has 0 aromatic carbocycles. The summed E-state index contributed by atoms with van der Waals surface area (Å²) in [6, 6.07) is 0. The molecule has 0 aromatic heterocycles. The van der Waals surface area contributed by atoms with Gasteiger partial charge < -0.3 is 10.5 Å². The lowest BCUT2D eigenvalue weighted by molar-refractivity contribution is 0.0559. The van der Waals surface area contributed by atoms with Gasteiger partial charge in [-0.25, -0.2) is 0 Å². The fourth-order valence-electron chi connectivity index (χ4n) is 1.89. The summed E-state index contributed by atoms with van der Waals surface area (Å²) < 4.78 is 5.29. The number of rotatable bonds is 3. The van der Waals surface area contributed by atoms with Crippen LogP contribution in [0.2, 0.25) is 0 Å². The zero-order valence-corrected chi connectivity index (χ0v) is 7.38. The van der Waals surface area contributed by atoms with E-state index in [2.05, 4.69) is 0 Å². The average molecular weight is 157 g/mol. The predicted molar refractivity (Wildman–Crippen MR) is 46.4 cm³/mol. The highest BCUT2D eigenvalue weighted by atomic mass is 16.5. The van der Waals surface area contributed by atoms with Gasteiger partial charge in [0.25, 0.3) is 0 Å². The Hall–Kier alpha value is -0.0800. The third kappa shape index (κ3) is 2.80. The molecule has 1 saturated carbocycles. The van der Waals surface area contributed by atoms with Crippen molar-refractivity contribution in [3.05, 3.63) is 0 Å². The van der Waals surface area contributed by atoms with Crippen molar-refractivity contribution < 1.29 is 4.74 Å². The SMILES string of the molecule is COC1CCC(CCN)CC1. The van der Waals surface area contributed by atoms with E-state index >= 15 is 0 Å². The minimum atomic E-state index is 0.532. The molecule has 0 atom stereocenters. The first-order chi connectivity index (χ1) is 5.36. The van der Waals surface area contributed by atoms with E-state index in [0.29, 0.717) is 6.10 Å². The standard InChI is InChI=1S/C9H19NO/c1-11-9-4-2-8(3-5-9)6-7-10/h8-9H,2-7,10H2,1H3. The predicted octanol–water partition coefficient (Wildman–Crippen LogP) is 1.54. The summed E-state index contributed by atoms with van der Waals surface area (Å²) in [5.74, 6) is 0.881. The third-order valence-corrected chi connectivity index (χ3v) is 2.70. The van der Waals surface area contributed by atoms with Gasteiger partial charge in [-0.2, -0.15) is 0 Å². The van der Waals surface area contributed by atoms with Gasteiger partial charge in [0.15, 0.2) is 0 Å². The first kappa shape index (κ1) is 9.01. The molecule has 1 fully saturated rings. The summed E-state index contributed by atoms with van der Waals surface area (Å²) >= 11 is 0. The van der Waals surface area contributed by atoms with Gasteiger partial charge in [-0.1, -0.05) is 0 Å². The molecule has 0 aliphatic heterocycles. The molecule has 2 nitrogen and oxygen atoms in total. The van der Waals surface area contributed by atoms with Crippen LogP contribution in [0.1, 0.15) is 32.1 Å². The van der Waals surface area contributed by atoms with E-state index in [0.717, 1.165) is 12.5 Å². The van der Waals surface area contributed by atoms with Crippen LogP contribution in [0.15, 0.2) is 0 Å². The van der Waals surface area contributed by atoms with Crippen molar-refractivity contribution >= 4 is 0 Å². The van der Waals surface area contributed by atoms with Crippen LogP contribution in [-0.4, -0.2) is 19.8 Å². The third-order valence-electron chi connectivity index (χ3n) is 2.70.